The van der Waals surface area contributed by atoms with Crippen molar-refractivity contribution in [2.45, 2.75) is 26.7 Å². The average Bonchev–Trinajstić information content (AvgIpc) is 2.17. The largest absolute Gasteiger partial charge is 0.397 e. The van der Waals surface area contributed by atoms with E-state index in [0.717, 1.165) is 11.2 Å². The summed E-state index contributed by atoms with van der Waals surface area (Å²) in [5.74, 6) is 0.497. The number of anilines is 1. The van der Waals surface area contributed by atoms with Crippen LogP contribution in [-0.4, -0.2) is 4.98 Å². The first kappa shape index (κ1) is 9.97. The van der Waals surface area contributed by atoms with Gasteiger partial charge in [-0.2, -0.15) is 0 Å². The van der Waals surface area contributed by atoms with E-state index in [2.05, 4.69) is 37.9 Å². The van der Waals surface area contributed by atoms with Gasteiger partial charge in [-0.25, -0.2) is 0 Å². The topological polar surface area (TPSA) is 38.9 Å². The van der Waals surface area contributed by atoms with Crippen LogP contribution in [0.25, 0.3) is 10.9 Å². The molecule has 0 unspecified atom stereocenters. The number of benzene rings is 1. The number of rotatable bonds is 1. The summed E-state index contributed by atoms with van der Waals surface area (Å²) < 4.78 is 0. The molecule has 2 heteroatoms. The lowest BCUT2D eigenvalue weighted by Gasteiger charge is -2.11. The Kier molecular flexibility index (Phi) is 2.35. The number of hydrogen-bond donors (Lipinski definition) is 1. The predicted molar refractivity (Wildman–Crippen MR) is 65.0 cm³/mol. The molecule has 0 spiro atoms. The molecule has 2 rings (SSSR count). The van der Waals surface area contributed by atoms with Crippen molar-refractivity contribution < 1.29 is 0 Å². The summed E-state index contributed by atoms with van der Waals surface area (Å²) in [6, 6.07) is 6.21. The second-order valence-corrected chi connectivity index (χ2v) is 4.31. The molecule has 2 nitrogen and oxygen atoms in total. The number of aromatic nitrogens is 1. The highest BCUT2D eigenvalue weighted by atomic mass is 14.7. The minimum absolute atomic E-state index is 0.497. The van der Waals surface area contributed by atoms with Crippen LogP contribution in [0.3, 0.4) is 0 Å². The van der Waals surface area contributed by atoms with Crippen LogP contribution in [0.2, 0.25) is 0 Å². The zero-order chi connectivity index (χ0) is 11.0. The fourth-order valence-corrected chi connectivity index (χ4v) is 1.87. The van der Waals surface area contributed by atoms with Crippen molar-refractivity contribution in [1.82, 2.24) is 4.98 Å². The van der Waals surface area contributed by atoms with Crippen LogP contribution >= 0.6 is 0 Å². The van der Waals surface area contributed by atoms with Crippen molar-refractivity contribution in [3.8, 4) is 0 Å². The number of nitrogen functional groups attached to an aromatic ring is 1. The van der Waals surface area contributed by atoms with Crippen molar-refractivity contribution >= 4 is 16.6 Å². The third kappa shape index (κ3) is 1.67. The summed E-state index contributed by atoms with van der Waals surface area (Å²) in [6.07, 6.45) is 1.86. The minimum Gasteiger partial charge on any atom is -0.397 e. The summed E-state index contributed by atoms with van der Waals surface area (Å²) in [5.41, 5.74) is 10.1. The fourth-order valence-electron chi connectivity index (χ4n) is 1.87. The van der Waals surface area contributed by atoms with E-state index < -0.39 is 0 Å². The van der Waals surface area contributed by atoms with E-state index in [4.69, 9.17) is 5.73 Å². The summed E-state index contributed by atoms with van der Waals surface area (Å²) in [5, 5.41) is 1.19. The predicted octanol–water partition coefficient (Wildman–Crippen LogP) is 3.25. The molecular formula is C13H16N2. The summed E-state index contributed by atoms with van der Waals surface area (Å²) in [6.45, 7) is 6.43. The van der Waals surface area contributed by atoms with Gasteiger partial charge in [-0.3, -0.25) is 4.98 Å². The third-order valence-electron chi connectivity index (χ3n) is 2.67. The third-order valence-corrected chi connectivity index (χ3v) is 2.67. The van der Waals surface area contributed by atoms with E-state index in [0.29, 0.717) is 5.92 Å². The van der Waals surface area contributed by atoms with Crippen LogP contribution in [0, 0.1) is 6.92 Å². The Labute approximate surface area is 90.1 Å². The minimum atomic E-state index is 0.497. The number of nitrogens with two attached hydrogens (primary N) is 1. The van der Waals surface area contributed by atoms with Gasteiger partial charge in [0.2, 0.25) is 0 Å². The molecule has 0 aliphatic heterocycles. The summed E-state index contributed by atoms with van der Waals surface area (Å²) >= 11 is 0. The lowest BCUT2D eigenvalue weighted by molar-refractivity contribution is 0.876. The van der Waals surface area contributed by atoms with Gasteiger partial charge in [0, 0.05) is 11.6 Å². The monoisotopic (exact) mass is 200 g/mol. The normalized spacial score (nSPS) is 11.2. The van der Waals surface area contributed by atoms with Gasteiger partial charge in [-0.1, -0.05) is 19.9 Å². The van der Waals surface area contributed by atoms with Gasteiger partial charge < -0.3 is 5.73 Å². The molecule has 15 heavy (non-hydrogen) atoms. The van der Waals surface area contributed by atoms with Crippen molar-refractivity contribution in [1.29, 1.82) is 0 Å². The van der Waals surface area contributed by atoms with E-state index in [1.165, 1.54) is 16.5 Å². The van der Waals surface area contributed by atoms with Gasteiger partial charge in [-0.05, 0) is 36.1 Å². The van der Waals surface area contributed by atoms with E-state index in [-0.39, 0.29) is 0 Å². The lowest BCUT2D eigenvalue weighted by Crippen LogP contribution is -1.96. The maximum absolute atomic E-state index is 5.91. The van der Waals surface area contributed by atoms with Gasteiger partial charge in [-0.15, -0.1) is 0 Å². The van der Waals surface area contributed by atoms with Crippen LogP contribution in [0.1, 0.15) is 30.9 Å². The fraction of sp³-hybridized carbons (Fsp3) is 0.308. The zero-order valence-electron chi connectivity index (χ0n) is 9.41. The van der Waals surface area contributed by atoms with Gasteiger partial charge in [0.25, 0.3) is 0 Å². The van der Waals surface area contributed by atoms with Gasteiger partial charge >= 0.3 is 0 Å². The summed E-state index contributed by atoms with van der Waals surface area (Å²) in [4.78, 5) is 4.40. The molecule has 0 radical (unpaired) electrons. The molecule has 0 atom stereocenters. The van der Waals surface area contributed by atoms with Crippen LogP contribution < -0.4 is 5.73 Å². The first-order chi connectivity index (χ1) is 7.09. The lowest BCUT2D eigenvalue weighted by atomic mass is 9.97. The quantitative estimate of drug-likeness (QED) is 0.718. The van der Waals surface area contributed by atoms with Crippen molar-refractivity contribution in [2.75, 3.05) is 5.73 Å². The highest BCUT2D eigenvalue weighted by Crippen LogP contribution is 2.28. The van der Waals surface area contributed by atoms with E-state index >= 15 is 0 Å². The Balaban J connectivity index is 2.84. The molecule has 0 aliphatic rings. The zero-order valence-corrected chi connectivity index (χ0v) is 9.41. The highest BCUT2D eigenvalue weighted by molar-refractivity contribution is 5.92. The molecule has 2 aromatic rings. The molecule has 1 aromatic carbocycles. The maximum Gasteiger partial charge on any atom is 0.0934 e. The first-order valence-electron chi connectivity index (χ1n) is 5.24. The molecule has 1 aromatic heterocycles. The average molecular weight is 200 g/mol. The molecule has 2 N–H and O–H groups in total. The Hall–Kier alpha value is -1.57. The standard InChI is InChI=1S/C13H16N2/c1-8(2)10-4-5-12(14)13-11(10)6-9(3)7-15-13/h4-8H,14H2,1-3H3. The maximum atomic E-state index is 5.91. The number of aryl methyl sites for hydroxylation is 1. The van der Waals surface area contributed by atoms with E-state index in [1.807, 2.05) is 12.3 Å². The Morgan fingerprint density at radius 1 is 1.27 bits per heavy atom. The molecule has 0 fully saturated rings. The van der Waals surface area contributed by atoms with Gasteiger partial charge in [0.1, 0.15) is 0 Å². The second-order valence-electron chi connectivity index (χ2n) is 4.31. The van der Waals surface area contributed by atoms with Crippen molar-refractivity contribution in [3.05, 3.63) is 35.5 Å². The molecular weight excluding hydrogens is 184 g/mol. The number of hydrogen-bond acceptors (Lipinski definition) is 2. The SMILES string of the molecule is Cc1cnc2c(N)ccc(C(C)C)c2c1. The van der Waals surface area contributed by atoms with Crippen molar-refractivity contribution in [3.63, 3.8) is 0 Å². The van der Waals surface area contributed by atoms with E-state index in [9.17, 15) is 0 Å². The number of pyridine rings is 1. The number of fused-ring (bicyclic) bond motifs is 1. The molecule has 78 valence electrons. The highest BCUT2D eigenvalue weighted by Gasteiger charge is 2.08. The van der Waals surface area contributed by atoms with Gasteiger partial charge in [0.05, 0.1) is 11.2 Å². The van der Waals surface area contributed by atoms with Gasteiger partial charge in [0.15, 0.2) is 0 Å². The molecule has 1 heterocycles. The molecule has 0 saturated heterocycles. The van der Waals surface area contributed by atoms with E-state index in [1.54, 1.807) is 0 Å². The number of nitrogens with zero attached hydrogens (tertiary/aromatic N) is 1. The molecule has 0 aliphatic carbocycles. The molecule has 0 saturated carbocycles. The Bertz CT molecular complexity index is 501. The summed E-state index contributed by atoms with van der Waals surface area (Å²) in [7, 11) is 0. The smallest absolute Gasteiger partial charge is 0.0934 e. The van der Waals surface area contributed by atoms with Crippen LogP contribution in [-0.2, 0) is 0 Å². The molecule has 0 amide bonds. The van der Waals surface area contributed by atoms with Crippen LogP contribution in [0.15, 0.2) is 24.4 Å². The first-order valence-corrected chi connectivity index (χ1v) is 5.24. The van der Waals surface area contributed by atoms with Crippen molar-refractivity contribution in [2.24, 2.45) is 0 Å². The Morgan fingerprint density at radius 3 is 2.67 bits per heavy atom. The second kappa shape index (κ2) is 3.54. The van der Waals surface area contributed by atoms with Crippen LogP contribution in [0.4, 0.5) is 5.69 Å². The Morgan fingerprint density at radius 2 is 2.00 bits per heavy atom. The molecule has 0 bridgehead atoms. The van der Waals surface area contributed by atoms with Crippen LogP contribution in [0.5, 0.6) is 0 Å².